The summed E-state index contributed by atoms with van der Waals surface area (Å²) in [5.41, 5.74) is 1.16. The zero-order chi connectivity index (χ0) is 18.8. The molecule has 1 heterocycles. The Morgan fingerprint density at radius 3 is 2.89 bits per heavy atom. The van der Waals surface area contributed by atoms with Gasteiger partial charge < -0.3 is 15.0 Å². The zero-order valence-electron chi connectivity index (χ0n) is 15.9. The lowest BCUT2D eigenvalue weighted by Gasteiger charge is -2.21. The van der Waals surface area contributed by atoms with Gasteiger partial charge in [-0.2, -0.15) is 16.9 Å². The highest BCUT2D eigenvalue weighted by atomic mass is 127. The Balaban J connectivity index is 0.00000364. The van der Waals surface area contributed by atoms with E-state index < -0.39 is 0 Å². The SMILES string of the molecule is CN=C(NCCSCCOc1cccc(Br)c1)N(C)Cc1cnn(C)c1.I. The zero-order valence-corrected chi connectivity index (χ0v) is 20.6. The van der Waals surface area contributed by atoms with Crippen molar-refractivity contribution in [3.05, 3.63) is 46.7 Å². The Kier molecular flexibility index (Phi) is 11.8. The van der Waals surface area contributed by atoms with E-state index in [0.29, 0.717) is 6.61 Å². The molecule has 0 saturated carbocycles. The first-order valence-corrected chi connectivity index (χ1v) is 10.4. The molecule has 0 aliphatic rings. The molecule has 6 nitrogen and oxygen atoms in total. The molecule has 1 N–H and O–H groups in total. The Morgan fingerprint density at radius 1 is 1.41 bits per heavy atom. The van der Waals surface area contributed by atoms with Crippen LogP contribution in [0.4, 0.5) is 0 Å². The van der Waals surface area contributed by atoms with Crippen molar-refractivity contribution in [2.24, 2.45) is 12.0 Å². The van der Waals surface area contributed by atoms with Crippen LogP contribution in [0.1, 0.15) is 5.56 Å². The van der Waals surface area contributed by atoms with Gasteiger partial charge in [0.15, 0.2) is 5.96 Å². The average Bonchev–Trinajstić information content (AvgIpc) is 3.02. The van der Waals surface area contributed by atoms with Gasteiger partial charge in [-0.1, -0.05) is 22.0 Å². The molecule has 0 bridgehead atoms. The number of aliphatic imine (C=N–C) groups is 1. The van der Waals surface area contributed by atoms with Gasteiger partial charge in [0.2, 0.25) is 0 Å². The predicted octanol–water partition coefficient (Wildman–Crippen LogP) is 3.62. The second kappa shape index (κ2) is 13.3. The molecule has 0 saturated heterocycles. The third-order valence-corrected chi connectivity index (χ3v) is 5.01. The van der Waals surface area contributed by atoms with Crippen molar-refractivity contribution in [2.75, 3.05) is 38.8 Å². The van der Waals surface area contributed by atoms with Crippen molar-refractivity contribution < 1.29 is 4.74 Å². The fraction of sp³-hybridized carbons (Fsp3) is 0.444. The van der Waals surface area contributed by atoms with Crippen LogP contribution in [-0.4, -0.2) is 59.4 Å². The Morgan fingerprint density at radius 2 is 2.22 bits per heavy atom. The van der Waals surface area contributed by atoms with E-state index in [-0.39, 0.29) is 24.0 Å². The molecule has 2 rings (SSSR count). The molecule has 150 valence electrons. The quantitative estimate of drug-likeness (QED) is 0.217. The van der Waals surface area contributed by atoms with Gasteiger partial charge in [0, 0.05) is 62.0 Å². The van der Waals surface area contributed by atoms with Gasteiger partial charge >= 0.3 is 0 Å². The van der Waals surface area contributed by atoms with E-state index in [1.54, 1.807) is 7.05 Å². The highest BCUT2D eigenvalue weighted by Crippen LogP contribution is 2.17. The molecule has 0 aliphatic heterocycles. The summed E-state index contributed by atoms with van der Waals surface area (Å²) in [6.07, 6.45) is 3.90. The van der Waals surface area contributed by atoms with E-state index in [4.69, 9.17) is 4.74 Å². The van der Waals surface area contributed by atoms with E-state index >= 15 is 0 Å². The van der Waals surface area contributed by atoms with Crippen molar-refractivity contribution in [3.63, 3.8) is 0 Å². The maximum atomic E-state index is 5.73. The number of guanidine groups is 1. The van der Waals surface area contributed by atoms with Crippen LogP contribution >= 0.6 is 51.7 Å². The predicted molar refractivity (Wildman–Crippen MR) is 128 cm³/mol. The first-order chi connectivity index (χ1) is 12.6. The van der Waals surface area contributed by atoms with Gasteiger partial charge in [-0.3, -0.25) is 9.67 Å². The number of nitrogens with one attached hydrogen (secondary N) is 1. The maximum Gasteiger partial charge on any atom is 0.193 e. The van der Waals surface area contributed by atoms with Crippen molar-refractivity contribution in [2.45, 2.75) is 6.54 Å². The molecular weight excluding hydrogens is 541 g/mol. The molecule has 2 aromatic rings. The fourth-order valence-electron chi connectivity index (χ4n) is 2.40. The van der Waals surface area contributed by atoms with Crippen molar-refractivity contribution >= 4 is 57.6 Å². The van der Waals surface area contributed by atoms with Crippen LogP contribution in [0.25, 0.3) is 0 Å². The summed E-state index contributed by atoms with van der Waals surface area (Å²) in [6.45, 7) is 2.35. The number of benzene rings is 1. The maximum absolute atomic E-state index is 5.73. The molecule has 9 heteroatoms. The highest BCUT2D eigenvalue weighted by molar-refractivity contribution is 14.0. The molecular formula is C18H27BrIN5OS. The van der Waals surface area contributed by atoms with Crippen LogP contribution in [0.2, 0.25) is 0 Å². The minimum absolute atomic E-state index is 0. The van der Waals surface area contributed by atoms with Crippen LogP contribution in [0.15, 0.2) is 46.1 Å². The molecule has 0 spiro atoms. The van der Waals surface area contributed by atoms with Gasteiger partial charge in [0.05, 0.1) is 12.8 Å². The molecule has 0 unspecified atom stereocenters. The Bertz CT molecular complexity index is 713. The van der Waals surface area contributed by atoms with Crippen LogP contribution in [0.5, 0.6) is 5.75 Å². The van der Waals surface area contributed by atoms with Crippen molar-refractivity contribution in [1.82, 2.24) is 20.0 Å². The first-order valence-electron chi connectivity index (χ1n) is 8.44. The van der Waals surface area contributed by atoms with Crippen molar-refractivity contribution in [3.8, 4) is 5.75 Å². The molecule has 1 aromatic heterocycles. The molecule has 27 heavy (non-hydrogen) atoms. The number of thioether (sulfide) groups is 1. The number of aromatic nitrogens is 2. The average molecular weight is 568 g/mol. The number of aryl methyl sites for hydroxylation is 1. The van der Waals surface area contributed by atoms with E-state index in [9.17, 15) is 0 Å². The number of ether oxygens (including phenoxy) is 1. The summed E-state index contributed by atoms with van der Waals surface area (Å²) < 4.78 is 8.58. The molecule has 0 aliphatic carbocycles. The van der Waals surface area contributed by atoms with Gasteiger partial charge in [-0.25, -0.2) is 0 Å². The van der Waals surface area contributed by atoms with Crippen LogP contribution in [-0.2, 0) is 13.6 Å². The second-order valence-corrected chi connectivity index (χ2v) is 7.91. The molecule has 1 aromatic carbocycles. The van der Waals surface area contributed by atoms with Gasteiger partial charge in [-0.05, 0) is 18.2 Å². The smallest absolute Gasteiger partial charge is 0.193 e. The summed E-state index contributed by atoms with van der Waals surface area (Å²) in [4.78, 5) is 6.43. The third-order valence-electron chi connectivity index (χ3n) is 3.57. The van der Waals surface area contributed by atoms with E-state index in [0.717, 1.165) is 46.3 Å². The summed E-state index contributed by atoms with van der Waals surface area (Å²) in [6, 6.07) is 7.92. The van der Waals surface area contributed by atoms with E-state index in [1.807, 2.05) is 67.2 Å². The second-order valence-electron chi connectivity index (χ2n) is 5.77. The summed E-state index contributed by atoms with van der Waals surface area (Å²) in [5, 5.41) is 7.59. The van der Waals surface area contributed by atoms with Gasteiger partial charge in [0.25, 0.3) is 0 Å². The number of halogens is 2. The molecule has 0 fully saturated rings. The highest BCUT2D eigenvalue weighted by Gasteiger charge is 2.07. The summed E-state index contributed by atoms with van der Waals surface area (Å²) in [5.74, 6) is 3.75. The lowest BCUT2D eigenvalue weighted by molar-refractivity contribution is 0.344. The van der Waals surface area contributed by atoms with Gasteiger partial charge in [0.1, 0.15) is 5.75 Å². The first kappa shape index (κ1) is 24.1. The Hall–Kier alpha value is -0.940. The normalized spacial score (nSPS) is 11.0. The molecule has 0 radical (unpaired) electrons. The lowest BCUT2D eigenvalue weighted by Crippen LogP contribution is -2.39. The molecule has 0 amide bonds. The van der Waals surface area contributed by atoms with Crippen LogP contribution in [0, 0.1) is 0 Å². The lowest BCUT2D eigenvalue weighted by atomic mass is 10.3. The monoisotopic (exact) mass is 567 g/mol. The minimum atomic E-state index is 0. The summed E-state index contributed by atoms with van der Waals surface area (Å²) >= 11 is 5.31. The number of hydrogen-bond acceptors (Lipinski definition) is 4. The Labute approximate surface area is 191 Å². The van der Waals surface area contributed by atoms with Gasteiger partial charge in [-0.15, -0.1) is 24.0 Å². The topological polar surface area (TPSA) is 54.7 Å². The summed E-state index contributed by atoms with van der Waals surface area (Å²) in [7, 11) is 5.76. The minimum Gasteiger partial charge on any atom is -0.493 e. The number of rotatable bonds is 9. The van der Waals surface area contributed by atoms with Crippen molar-refractivity contribution in [1.29, 1.82) is 0 Å². The number of nitrogens with zero attached hydrogens (tertiary/aromatic N) is 4. The van der Waals surface area contributed by atoms with Crippen LogP contribution in [0.3, 0.4) is 0 Å². The van der Waals surface area contributed by atoms with Crippen LogP contribution < -0.4 is 10.1 Å². The number of hydrogen-bond donors (Lipinski definition) is 1. The molecule has 0 atom stereocenters. The standard InChI is InChI=1S/C18H26BrN5OS.HI/c1-20-18(23(2)13-15-12-22-24(3)14-15)21-7-9-26-10-8-25-17-6-4-5-16(19)11-17;/h4-6,11-12,14H,7-10,13H2,1-3H3,(H,20,21);1H. The fourth-order valence-corrected chi connectivity index (χ4v) is 3.43. The third kappa shape index (κ3) is 9.20. The van der Waals surface area contributed by atoms with E-state index in [2.05, 4.69) is 36.2 Å². The van der Waals surface area contributed by atoms with E-state index in [1.165, 1.54) is 0 Å². The largest absolute Gasteiger partial charge is 0.493 e.